The Hall–Kier alpha value is -1.90. The fourth-order valence-corrected chi connectivity index (χ4v) is 5.29. The number of anilines is 1. The molecule has 0 aromatic heterocycles. The number of benzene rings is 2. The predicted molar refractivity (Wildman–Crippen MR) is 112 cm³/mol. The number of halogens is 1. The molecule has 8 heteroatoms. The van der Waals surface area contributed by atoms with Crippen molar-refractivity contribution in [3.8, 4) is 5.75 Å². The molecule has 28 heavy (non-hydrogen) atoms. The average molecular weight is 467 g/mol. The van der Waals surface area contributed by atoms with E-state index in [1.54, 1.807) is 38.0 Å². The summed E-state index contributed by atoms with van der Waals surface area (Å²) in [6, 6.07) is 10.5. The summed E-state index contributed by atoms with van der Waals surface area (Å²) >= 11 is 3.44. The van der Waals surface area contributed by atoms with Crippen LogP contribution in [0.1, 0.15) is 18.1 Å². The highest BCUT2D eigenvalue weighted by Gasteiger charge is 2.30. The fraction of sp³-hybridized carbons (Fsp3) is 0.350. The Morgan fingerprint density at radius 3 is 2.64 bits per heavy atom. The zero-order chi connectivity index (χ0) is 20.5. The van der Waals surface area contributed by atoms with Crippen LogP contribution in [0.4, 0.5) is 5.69 Å². The van der Waals surface area contributed by atoms with Gasteiger partial charge in [0.2, 0.25) is 15.9 Å². The second kappa shape index (κ2) is 8.23. The first-order valence-electron chi connectivity index (χ1n) is 9.01. The number of methoxy groups -OCH3 is 1. The smallest absolute Gasteiger partial charge is 0.243 e. The summed E-state index contributed by atoms with van der Waals surface area (Å²) in [7, 11) is -2.24. The van der Waals surface area contributed by atoms with E-state index in [0.717, 1.165) is 27.7 Å². The molecular weight excluding hydrogens is 444 g/mol. The first kappa shape index (κ1) is 20.8. The predicted octanol–water partition coefficient (Wildman–Crippen LogP) is 3.37. The standard InChI is InChI=1S/C20H23BrN2O4S/c1-4-22(28(25,26)17-6-8-19(27-3)14(2)11-17)13-20(24)23-10-9-15-12-16(21)5-7-18(15)23/h5-8,11-12H,4,9-10,13H2,1-3H3. The zero-order valence-electron chi connectivity index (χ0n) is 16.1. The first-order chi connectivity index (χ1) is 13.3. The monoisotopic (exact) mass is 466 g/mol. The average Bonchev–Trinajstić information content (AvgIpc) is 3.08. The van der Waals surface area contributed by atoms with Crippen molar-refractivity contribution < 1.29 is 17.9 Å². The number of hydrogen-bond donors (Lipinski definition) is 0. The van der Waals surface area contributed by atoms with E-state index in [1.807, 2.05) is 18.2 Å². The SMILES string of the molecule is CCN(CC(=O)N1CCc2cc(Br)ccc21)S(=O)(=O)c1ccc(OC)c(C)c1. The maximum atomic E-state index is 13.1. The van der Waals surface area contributed by atoms with E-state index < -0.39 is 10.0 Å². The van der Waals surface area contributed by atoms with Crippen LogP contribution in [0.5, 0.6) is 5.75 Å². The third-order valence-electron chi connectivity index (χ3n) is 4.91. The summed E-state index contributed by atoms with van der Waals surface area (Å²) in [5.41, 5.74) is 2.66. The Morgan fingerprint density at radius 2 is 2.00 bits per heavy atom. The number of rotatable bonds is 6. The summed E-state index contributed by atoms with van der Waals surface area (Å²) in [5, 5.41) is 0. The largest absolute Gasteiger partial charge is 0.496 e. The van der Waals surface area contributed by atoms with Gasteiger partial charge in [0.05, 0.1) is 18.6 Å². The van der Waals surface area contributed by atoms with Crippen molar-refractivity contribution in [1.29, 1.82) is 0 Å². The molecule has 2 aromatic carbocycles. The number of carbonyl (C=O) groups excluding carboxylic acids is 1. The topological polar surface area (TPSA) is 66.9 Å². The molecule has 0 bridgehead atoms. The molecule has 1 aliphatic rings. The normalized spacial score (nSPS) is 13.7. The number of amides is 1. The second-order valence-corrected chi connectivity index (χ2v) is 9.48. The quantitative estimate of drug-likeness (QED) is 0.654. The van der Waals surface area contributed by atoms with Gasteiger partial charge >= 0.3 is 0 Å². The van der Waals surface area contributed by atoms with Crippen molar-refractivity contribution in [2.75, 3.05) is 31.6 Å². The second-order valence-electron chi connectivity index (χ2n) is 6.63. The van der Waals surface area contributed by atoms with Gasteiger partial charge in [0.25, 0.3) is 0 Å². The molecule has 0 radical (unpaired) electrons. The van der Waals surface area contributed by atoms with Crippen LogP contribution in [0.15, 0.2) is 45.8 Å². The Bertz CT molecular complexity index is 1010. The molecule has 1 amide bonds. The van der Waals surface area contributed by atoms with Crippen molar-refractivity contribution in [3.05, 3.63) is 52.0 Å². The summed E-state index contributed by atoms with van der Waals surface area (Å²) < 4.78 is 33.5. The van der Waals surface area contributed by atoms with Gasteiger partial charge in [0.1, 0.15) is 5.75 Å². The summed E-state index contributed by atoms with van der Waals surface area (Å²) in [6.45, 7) is 4.10. The van der Waals surface area contributed by atoms with E-state index in [-0.39, 0.29) is 23.9 Å². The lowest BCUT2D eigenvalue weighted by Gasteiger charge is -2.24. The minimum atomic E-state index is -3.78. The summed E-state index contributed by atoms with van der Waals surface area (Å²) in [5.74, 6) is 0.398. The van der Waals surface area contributed by atoms with E-state index in [4.69, 9.17) is 4.74 Å². The van der Waals surface area contributed by atoms with E-state index in [9.17, 15) is 13.2 Å². The van der Waals surface area contributed by atoms with Gasteiger partial charge in [-0.2, -0.15) is 4.31 Å². The molecule has 0 unspecified atom stereocenters. The Balaban J connectivity index is 1.82. The minimum Gasteiger partial charge on any atom is -0.496 e. The highest BCUT2D eigenvalue weighted by atomic mass is 79.9. The molecule has 2 aromatic rings. The molecule has 150 valence electrons. The first-order valence-corrected chi connectivity index (χ1v) is 11.2. The summed E-state index contributed by atoms with van der Waals surface area (Å²) in [4.78, 5) is 14.7. The number of carbonyl (C=O) groups is 1. The van der Waals surface area contributed by atoms with E-state index in [1.165, 1.54) is 10.4 Å². The van der Waals surface area contributed by atoms with Gasteiger partial charge in [0.15, 0.2) is 0 Å². The van der Waals surface area contributed by atoms with Crippen LogP contribution < -0.4 is 9.64 Å². The van der Waals surface area contributed by atoms with Gasteiger partial charge in [-0.15, -0.1) is 0 Å². The number of ether oxygens (including phenoxy) is 1. The van der Waals surface area contributed by atoms with Crippen LogP contribution >= 0.6 is 15.9 Å². The molecule has 0 atom stereocenters. The fourth-order valence-electron chi connectivity index (χ4n) is 3.39. The van der Waals surface area contributed by atoms with Gasteiger partial charge in [-0.05, 0) is 60.9 Å². The molecule has 1 aliphatic heterocycles. The molecule has 6 nitrogen and oxygen atoms in total. The number of nitrogens with zero attached hydrogens (tertiary/aromatic N) is 2. The Labute approximate surface area is 174 Å². The molecular formula is C20H23BrN2O4S. The van der Waals surface area contributed by atoms with Crippen LogP contribution in [0.3, 0.4) is 0 Å². The maximum Gasteiger partial charge on any atom is 0.243 e. The molecule has 0 spiro atoms. The van der Waals surface area contributed by atoms with Crippen LogP contribution in [0.2, 0.25) is 0 Å². The van der Waals surface area contributed by atoms with Gasteiger partial charge < -0.3 is 9.64 Å². The summed E-state index contributed by atoms with van der Waals surface area (Å²) in [6.07, 6.45) is 0.761. The number of likely N-dealkylation sites (N-methyl/N-ethyl adjacent to an activating group) is 1. The molecule has 0 fully saturated rings. The van der Waals surface area contributed by atoms with Gasteiger partial charge in [-0.1, -0.05) is 22.9 Å². The van der Waals surface area contributed by atoms with Crippen molar-refractivity contribution in [2.24, 2.45) is 0 Å². The molecule has 0 saturated heterocycles. The third-order valence-corrected chi connectivity index (χ3v) is 7.32. The maximum absolute atomic E-state index is 13.1. The molecule has 0 N–H and O–H groups in total. The molecule has 3 rings (SSSR count). The molecule has 0 saturated carbocycles. The third kappa shape index (κ3) is 3.94. The molecule has 0 aliphatic carbocycles. The lowest BCUT2D eigenvalue weighted by Crippen LogP contribution is -2.42. The zero-order valence-corrected chi connectivity index (χ0v) is 18.5. The van der Waals surface area contributed by atoms with Gasteiger partial charge in [-0.25, -0.2) is 8.42 Å². The van der Waals surface area contributed by atoms with Crippen molar-refractivity contribution in [3.63, 3.8) is 0 Å². The van der Waals surface area contributed by atoms with Crippen molar-refractivity contribution in [2.45, 2.75) is 25.2 Å². The van der Waals surface area contributed by atoms with Crippen LogP contribution in [-0.2, 0) is 21.2 Å². The number of aryl methyl sites for hydroxylation is 1. The molecule has 1 heterocycles. The minimum absolute atomic E-state index is 0.159. The van der Waals surface area contributed by atoms with Gasteiger partial charge in [0, 0.05) is 23.2 Å². The lowest BCUT2D eigenvalue weighted by molar-refractivity contribution is -0.118. The number of fused-ring (bicyclic) bond motifs is 1. The lowest BCUT2D eigenvalue weighted by atomic mass is 10.2. The van der Waals surface area contributed by atoms with E-state index in [0.29, 0.717) is 12.3 Å². The van der Waals surface area contributed by atoms with E-state index >= 15 is 0 Å². The Morgan fingerprint density at radius 1 is 1.25 bits per heavy atom. The highest BCUT2D eigenvalue weighted by Crippen LogP contribution is 2.31. The van der Waals surface area contributed by atoms with E-state index in [2.05, 4.69) is 15.9 Å². The van der Waals surface area contributed by atoms with Crippen LogP contribution in [0, 0.1) is 6.92 Å². The van der Waals surface area contributed by atoms with Crippen molar-refractivity contribution in [1.82, 2.24) is 4.31 Å². The Kier molecular flexibility index (Phi) is 6.12. The van der Waals surface area contributed by atoms with Crippen LogP contribution in [0.25, 0.3) is 0 Å². The van der Waals surface area contributed by atoms with Crippen molar-refractivity contribution >= 4 is 37.5 Å². The van der Waals surface area contributed by atoms with Crippen LogP contribution in [-0.4, -0.2) is 45.4 Å². The number of sulfonamides is 1. The van der Waals surface area contributed by atoms with Gasteiger partial charge in [-0.3, -0.25) is 4.79 Å². The highest BCUT2D eigenvalue weighted by molar-refractivity contribution is 9.10. The number of hydrogen-bond acceptors (Lipinski definition) is 4.